The second kappa shape index (κ2) is 5.31. The number of nitrogens with zero attached hydrogens (tertiary/aromatic N) is 2. The largest absolute Gasteiger partial charge is 0.393 e. The fourth-order valence-corrected chi connectivity index (χ4v) is 2.05. The van der Waals surface area contributed by atoms with E-state index in [1.54, 1.807) is 0 Å². The van der Waals surface area contributed by atoms with Gasteiger partial charge in [0, 0.05) is 24.7 Å². The van der Waals surface area contributed by atoms with Gasteiger partial charge in [0.25, 0.3) is 11.6 Å². The van der Waals surface area contributed by atoms with Crippen LogP contribution in [-0.4, -0.2) is 40.0 Å². The SMILES string of the molecule is O=C(c1cc(F)cc([N+](=O)[O-])c1)N1CCC(O)CC1. The van der Waals surface area contributed by atoms with Crippen LogP contribution in [0.2, 0.25) is 0 Å². The zero-order chi connectivity index (χ0) is 14.0. The number of aliphatic hydroxyl groups excluding tert-OH is 1. The number of amides is 1. The first-order chi connectivity index (χ1) is 8.97. The standard InChI is InChI=1S/C12H13FN2O4/c13-9-5-8(6-10(7-9)15(18)19)12(17)14-3-1-11(16)2-4-14/h5-7,11,16H,1-4H2. The molecule has 1 aromatic rings. The summed E-state index contributed by atoms with van der Waals surface area (Å²) in [6, 6.07) is 2.83. The third kappa shape index (κ3) is 3.05. The lowest BCUT2D eigenvalue weighted by molar-refractivity contribution is -0.385. The number of rotatable bonds is 2. The van der Waals surface area contributed by atoms with E-state index in [-0.39, 0.29) is 5.56 Å². The van der Waals surface area contributed by atoms with Crippen molar-refractivity contribution in [1.82, 2.24) is 4.90 Å². The van der Waals surface area contributed by atoms with Crippen molar-refractivity contribution in [3.63, 3.8) is 0 Å². The Morgan fingerprint density at radius 1 is 1.37 bits per heavy atom. The van der Waals surface area contributed by atoms with Gasteiger partial charge in [0.15, 0.2) is 0 Å². The molecule has 0 bridgehead atoms. The molecule has 1 saturated heterocycles. The van der Waals surface area contributed by atoms with Crippen LogP contribution >= 0.6 is 0 Å². The Labute approximate surface area is 108 Å². The summed E-state index contributed by atoms with van der Waals surface area (Å²) in [6.45, 7) is 0.731. The van der Waals surface area contributed by atoms with E-state index in [4.69, 9.17) is 0 Å². The minimum atomic E-state index is -0.811. The van der Waals surface area contributed by atoms with Crippen LogP contribution in [0.4, 0.5) is 10.1 Å². The fourth-order valence-electron chi connectivity index (χ4n) is 2.05. The highest BCUT2D eigenvalue weighted by Gasteiger charge is 2.24. The van der Waals surface area contributed by atoms with Gasteiger partial charge in [-0.1, -0.05) is 0 Å². The number of halogens is 1. The minimum absolute atomic E-state index is 0.0388. The Morgan fingerprint density at radius 3 is 2.58 bits per heavy atom. The zero-order valence-corrected chi connectivity index (χ0v) is 10.1. The van der Waals surface area contributed by atoms with Gasteiger partial charge >= 0.3 is 0 Å². The Morgan fingerprint density at radius 2 is 2.00 bits per heavy atom. The van der Waals surface area contributed by atoms with Crippen LogP contribution in [0.3, 0.4) is 0 Å². The normalized spacial score (nSPS) is 16.4. The number of nitro groups is 1. The molecule has 0 saturated carbocycles. The predicted molar refractivity (Wildman–Crippen MR) is 64.2 cm³/mol. The average Bonchev–Trinajstić information content (AvgIpc) is 2.38. The molecule has 1 fully saturated rings. The van der Waals surface area contributed by atoms with Gasteiger partial charge in [-0.2, -0.15) is 0 Å². The number of nitro benzene ring substituents is 1. The Hall–Kier alpha value is -2.02. The molecule has 19 heavy (non-hydrogen) atoms. The van der Waals surface area contributed by atoms with Gasteiger partial charge < -0.3 is 10.0 Å². The van der Waals surface area contributed by atoms with Crippen molar-refractivity contribution in [1.29, 1.82) is 0 Å². The molecule has 1 aliphatic heterocycles. The van der Waals surface area contributed by atoms with E-state index in [1.807, 2.05) is 0 Å². The topological polar surface area (TPSA) is 83.7 Å². The van der Waals surface area contributed by atoms with E-state index in [0.717, 1.165) is 18.2 Å². The molecule has 0 atom stereocenters. The van der Waals surface area contributed by atoms with E-state index < -0.39 is 28.4 Å². The van der Waals surface area contributed by atoms with Crippen LogP contribution in [0.5, 0.6) is 0 Å². The first-order valence-corrected chi connectivity index (χ1v) is 5.89. The second-order valence-electron chi connectivity index (χ2n) is 4.48. The molecule has 1 heterocycles. The number of carbonyl (C=O) groups excluding carboxylic acids is 1. The number of aliphatic hydroxyl groups is 1. The van der Waals surface area contributed by atoms with Crippen LogP contribution in [0, 0.1) is 15.9 Å². The summed E-state index contributed by atoms with van der Waals surface area (Å²) in [7, 11) is 0. The molecule has 7 heteroatoms. The smallest absolute Gasteiger partial charge is 0.273 e. The predicted octanol–water partition coefficient (Wildman–Crippen LogP) is 1.33. The molecular formula is C12H13FN2O4. The third-order valence-corrected chi connectivity index (χ3v) is 3.09. The average molecular weight is 268 g/mol. The summed E-state index contributed by atoms with van der Waals surface area (Å²) >= 11 is 0. The minimum Gasteiger partial charge on any atom is -0.393 e. The molecule has 1 N–H and O–H groups in total. The van der Waals surface area contributed by atoms with Crippen molar-refractivity contribution in [3.05, 3.63) is 39.7 Å². The van der Waals surface area contributed by atoms with Crippen LogP contribution in [-0.2, 0) is 0 Å². The van der Waals surface area contributed by atoms with Gasteiger partial charge in [-0.25, -0.2) is 4.39 Å². The maximum absolute atomic E-state index is 13.3. The van der Waals surface area contributed by atoms with E-state index in [2.05, 4.69) is 0 Å². The number of carbonyl (C=O) groups is 1. The van der Waals surface area contributed by atoms with E-state index in [0.29, 0.717) is 25.9 Å². The summed E-state index contributed by atoms with van der Waals surface area (Å²) in [5.41, 5.74) is -0.483. The monoisotopic (exact) mass is 268 g/mol. The van der Waals surface area contributed by atoms with Gasteiger partial charge in [-0.15, -0.1) is 0 Å². The summed E-state index contributed by atoms with van der Waals surface area (Å²) in [6.07, 6.45) is 0.498. The number of hydrogen-bond donors (Lipinski definition) is 1. The molecule has 102 valence electrons. The van der Waals surface area contributed by atoms with Gasteiger partial charge in [-0.05, 0) is 18.9 Å². The van der Waals surface area contributed by atoms with Crippen molar-refractivity contribution in [3.8, 4) is 0 Å². The molecule has 2 rings (SSSR count). The third-order valence-electron chi connectivity index (χ3n) is 3.09. The van der Waals surface area contributed by atoms with E-state index >= 15 is 0 Å². The Balaban J connectivity index is 2.21. The molecule has 0 unspecified atom stereocenters. The first kappa shape index (κ1) is 13.4. The fraction of sp³-hybridized carbons (Fsp3) is 0.417. The summed E-state index contributed by atoms with van der Waals surface area (Å²) in [5, 5.41) is 20.0. The highest BCUT2D eigenvalue weighted by Crippen LogP contribution is 2.19. The van der Waals surface area contributed by atoms with Crippen LogP contribution in [0.1, 0.15) is 23.2 Å². The van der Waals surface area contributed by atoms with Gasteiger partial charge in [0.2, 0.25) is 0 Å². The van der Waals surface area contributed by atoms with Crippen LogP contribution in [0.15, 0.2) is 18.2 Å². The van der Waals surface area contributed by atoms with E-state index in [1.165, 1.54) is 4.90 Å². The molecule has 1 aliphatic rings. The lowest BCUT2D eigenvalue weighted by Gasteiger charge is -2.29. The number of piperidine rings is 1. The lowest BCUT2D eigenvalue weighted by Crippen LogP contribution is -2.40. The highest BCUT2D eigenvalue weighted by atomic mass is 19.1. The number of non-ortho nitro benzene ring substituents is 1. The van der Waals surface area contributed by atoms with Crippen molar-refractivity contribution in [2.75, 3.05) is 13.1 Å². The molecule has 6 nitrogen and oxygen atoms in total. The highest BCUT2D eigenvalue weighted by molar-refractivity contribution is 5.94. The summed E-state index contributed by atoms with van der Waals surface area (Å²) in [4.78, 5) is 23.4. The van der Waals surface area contributed by atoms with Crippen LogP contribution in [0.25, 0.3) is 0 Å². The lowest BCUT2D eigenvalue weighted by atomic mass is 10.1. The molecule has 0 aromatic heterocycles. The van der Waals surface area contributed by atoms with Crippen molar-refractivity contribution < 1.29 is 19.2 Å². The molecule has 0 spiro atoms. The Kier molecular flexibility index (Phi) is 3.75. The van der Waals surface area contributed by atoms with Crippen molar-refractivity contribution in [2.45, 2.75) is 18.9 Å². The zero-order valence-electron chi connectivity index (χ0n) is 10.1. The van der Waals surface area contributed by atoms with Crippen molar-refractivity contribution >= 4 is 11.6 Å². The van der Waals surface area contributed by atoms with Gasteiger partial charge in [0.05, 0.1) is 17.1 Å². The maximum atomic E-state index is 13.3. The molecule has 1 amide bonds. The first-order valence-electron chi connectivity index (χ1n) is 5.89. The summed E-state index contributed by atoms with van der Waals surface area (Å²) < 4.78 is 13.3. The van der Waals surface area contributed by atoms with E-state index in [9.17, 15) is 24.4 Å². The second-order valence-corrected chi connectivity index (χ2v) is 4.48. The Bertz CT molecular complexity index is 512. The quantitative estimate of drug-likeness (QED) is 0.648. The molecule has 0 aliphatic carbocycles. The van der Waals surface area contributed by atoms with Crippen molar-refractivity contribution in [2.24, 2.45) is 0 Å². The number of hydrogen-bond acceptors (Lipinski definition) is 4. The molecule has 0 radical (unpaired) electrons. The molecular weight excluding hydrogens is 255 g/mol. The van der Waals surface area contributed by atoms with Crippen LogP contribution < -0.4 is 0 Å². The summed E-state index contributed by atoms with van der Waals surface area (Å²) in [5.74, 6) is -1.26. The van der Waals surface area contributed by atoms with Gasteiger partial charge in [0.1, 0.15) is 5.82 Å². The maximum Gasteiger partial charge on any atom is 0.273 e. The van der Waals surface area contributed by atoms with Gasteiger partial charge in [-0.3, -0.25) is 14.9 Å². The number of likely N-dealkylation sites (tertiary alicyclic amines) is 1. The molecule has 1 aromatic carbocycles. The number of benzene rings is 1.